The average molecular weight is 571 g/mol. The smallest absolute Gasteiger partial charge is 0.112 e. The summed E-state index contributed by atoms with van der Waals surface area (Å²) in [6.07, 6.45) is 30.4. The molecule has 0 saturated heterocycles. The lowest BCUT2D eigenvalue weighted by atomic mass is 9.66. The Hall–Kier alpha value is -2.35. The van der Waals surface area contributed by atoms with Gasteiger partial charge in [-0.1, -0.05) is 184 Å². The van der Waals surface area contributed by atoms with Crippen molar-refractivity contribution in [3.8, 4) is 0 Å². The van der Waals surface area contributed by atoms with Crippen LogP contribution in [-0.4, -0.2) is 9.55 Å². The number of imidazole rings is 1. The molecule has 232 valence electrons. The quantitative estimate of drug-likeness (QED) is 0.0979. The van der Waals surface area contributed by atoms with Crippen LogP contribution in [0.3, 0.4) is 0 Å². The molecule has 0 aliphatic carbocycles. The largest absolute Gasteiger partial charge is 0.335 e. The Morgan fingerprint density at radius 2 is 1.10 bits per heavy atom. The van der Waals surface area contributed by atoms with Crippen LogP contribution in [0.4, 0.5) is 0 Å². The van der Waals surface area contributed by atoms with Gasteiger partial charge in [0.2, 0.25) is 0 Å². The fourth-order valence-corrected chi connectivity index (χ4v) is 7.01. The van der Waals surface area contributed by atoms with Crippen LogP contribution in [0, 0.1) is 0 Å². The van der Waals surface area contributed by atoms with Crippen molar-refractivity contribution in [2.45, 2.75) is 161 Å². The number of aromatic nitrogens is 2. The first kappa shape index (κ1) is 34.1. The molecule has 2 atom stereocenters. The van der Waals surface area contributed by atoms with Gasteiger partial charge in [-0.2, -0.15) is 0 Å². The van der Waals surface area contributed by atoms with E-state index in [4.69, 9.17) is 4.98 Å². The highest BCUT2D eigenvalue weighted by Crippen LogP contribution is 2.43. The molecule has 0 bridgehead atoms. The van der Waals surface area contributed by atoms with Crippen molar-refractivity contribution in [2.75, 3.05) is 0 Å². The van der Waals surface area contributed by atoms with E-state index in [0.717, 1.165) is 19.4 Å². The second kappa shape index (κ2) is 20.5. The van der Waals surface area contributed by atoms with Crippen LogP contribution in [0.25, 0.3) is 0 Å². The Bertz CT molecular complexity index is 1040. The molecule has 0 amide bonds. The van der Waals surface area contributed by atoms with Gasteiger partial charge in [0, 0.05) is 30.3 Å². The van der Waals surface area contributed by atoms with E-state index >= 15 is 0 Å². The van der Waals surface area contributed by atoms with Crippen molar-refractivity contribution >= 4 is 0 Å². The molecule has 0 aliphatic rings. The standard InChI is InChI=1S/C40H62N2/c1-4-6-7-8-9-10-11-12-13-14-15-16-17-18-19-20-27-33-42-34-32-41-39(42)38(5-2)40(3,37-30-25-22-26-31-37)35-36-28-23-21-24-29-36/h21-26,28-32,34,38H,4-20,27,33,35H2,1-3H3. The van der Waals surface area contributed by atoms with Crippen LogP contribution >= 0.6 is 0 Å². The zero-order valence-corrected chi connectivity index (χ0v) is 27.5. The maximum atomic E-state index is 4.98. The van der Waals surface area contributed by atoms with E-state index in [1.54, 1.807) is 0 Å². The molecule has 2 nitrogen and oxygen atoms in total. The summed E-state index contributed by atoms with van der Waals surface area (Å²) in [5.74, 6) is 1.62. The predicted octanol–water partition coefficient (Wildman–Crippen LogP) is 12.2. The third-order valence-electron chi connectivity index (χ3n) is 9.59. The number of unbranched alkanes of at least 4 members (excludes halogenated alkanes) is 16. The van der Waals surface area contributed by atoms with Crippen LogP contribution in [0.1, 0.15) is 159 Å². The topological polar surface area (TPSA) is 17.8 Å². The lowest BCUT2D eigenvalue weighted by Gasteiger charge is -2.38. The average Bonchev–Trinajstić information content (AvgIpc) is 3.48. The van der Waals surface area contributed by atoms with Crippen LogP contribution in [0.2, 0.25) is 0 Å². The molecule has 2 aromatic carbocycles. The Morgan fingerprint density at radius 3 is 1.60 bits per heavy atom. The molecule has 3 aromatic rings. The molecule has 0 N–H and O–H groups in total. The first-order valence-corrected chi connectivity index (χ1v) is 17.8. The third kappa shape index (κ3) is 11.7. The maximum absolute atomic E-state index is 4.98. The molecule has 0 aliphatic heterocycles. The highest BCUT2D eigenvalue weighted by atomic mass is 15.1. The van der Waals surface area contributed by atoms with Crippen molar-refractivity contribution in [3.63, 3.8) is 0 Å². The Balaban J connectivity index is 1.37. The molecule has 42 heavy (non-hydrogen) atoms. The number of aryl methyl sites for hydroxylation is 1. The van der Waals surface area contributed by atoms with Gasteiger partial charge < -0.3 is 4.57 Å². The van der Waals surface area contributed by atoms with Crippen molar-refractivity contribution in [1.29, 1.82) is 0 Å². The zero-order valence-electron chi connectivity index (χ0n) is 27.5. The van der Waals surface area contributed by atoms with Gasteiger partial charge in [0.25, 0.3) is 0 Å². The van der Waals surface area contributed by atoms with E-state index in [9.17, 15) is 0 Å². The normalized spacial score (nSPS) is 13.7. The minimum atomic E-state index is -0.0191. The second-order valence-electron chi connectivity index (χ2n) is 13.0. The van der Waals surface area contributed by atoms with Gasteiger partial charge in [0.15, 0.2) is 0 Å². The van der Waals surface area contributed by atoms with Gasteiger partial charge in [-0.15, -0.1) is 0 Å². The fourth-order valence-electron chi connectivity index (χ4n) is 7.01. The molecule has 3 rings (SSSR count). The lowest BCUT2D eigenvalue weighted by Crippen LogP contribution is -2.34. The van der Waals surface area contributed by atoms with Gasteiger partial charge in [-0.3, -0.25) is 0 Å². The molecule has 0 spiro atoms. The number of hydrogen-bond acceptors (Lipinski definition) is 1. The van der Waals surface area contributed by atoms with E-state index in [1.165, 1.54) is 126 Å². The first-order valence-electron chi connectivity index (χ1n) is 17.8. The molecular weight excluding hydrogens is 508 g/mol. The Kier molecular flexibility index (Phi) is 16.7. The number of nitrogens with zero attached hydrogens (tertiary/aromatic N) is 2. The van der Waals surface area contributed by atoms with Gasteiger partial charge in [-0.05, 0) is 30.4 Å². The first-order chi connectivity index (χ1) is 20.7. The van der Waals surface area contributed by atoms with Crippen molar-refractivity contribution < 1.29 is 0 Å². The fraction of sp³-hybridized carbons (Fsp3) is 0.625. The molecular formula is C40H62N2. The van der Waals surface area contributed by atoms with Crippen LogP contribution in [0.15, 0.2) is 73.1 Å². The molecule has 2 heteroatoms. The zero-order chi connectivity index (χ0) is 29.7. The number of rotatable bonds is 24. The van der Waals surface area contributed by atoms with Gasteiger partial charge in [0.1, 0.15) is 5.82 Å². The van der Waals surface area contributed by atoms with Crippen LogP contribution < -0.4 is 0 Å². The van der Waals surface area contributed by atoms with Crippen molar-refractivity contribution in [1.82, 2.24) is 9.55 Å². The predicted molar refractivity (Wildman–Crippen MR) is 183 cm³/mol. The Labute approximate surface area is 259 Å². The molecule has 1 aromatic heterocycles. The summed E-state index contributed by atoms with van der Waals surface area (Å²) >= 11 is 0. The molecule has 2 unspecified atom stereocenters. The monoisotopic (exact) mass is 570 g/mol. The highest BCUT2D eigenvalue weighted by Gasteiger charge is 2.38. The molecule has 0 saturated carbocycles. The summed E-state index contributed by atoms with van der Waals surface area (Å²) in [5.41, 5.74) is 2.79. The SMILES string of the molecule is CCCCCCCCCCCCCCCCCCCn1ccnc1C(CC)C(C)(Cc1ccccc1)c1ccccc1. The minimum absolute atomic E-state index is 0.0191. The summed E-state index contributed by atoms with van der Waals surface area (Å²) in [5, 5.41) is 0. The van der Waals surface area contributed by atoms with Gasteiger partial charge in [0.05, 0.1) is 0 Å². The second-order valence-corrected chi connectivity index (χ2v) is 13.0. The Morgan fingerprint density at radius 1 is 0.619 bits per heavy atom. The summed E-state index contributed by atoms with van der Waals surface area (Å²) in [7, 11) is 0. The molecule has 0 fully saturated rings. The highest BCUT2D eigenvalue weighted by molar-refractivity contribution is 5.33. The van der Waals surface area contributed by atoms with Gasteiger partial charge in [-0.25, -0.2) is 4.98 Å². The molecule has 1 heterocycles. The van der Waals surface area contributed by atoms with E-state index < -0.39 is 0 Å². The van der Waals surface area contributed by atoms with E-state index in [0.29, 0.717) is 5.92 Å². The van der Waals surface area contributed by atoms with Crippen LogP contribution in [0.5, 0.6) is 0 Å². The van der Waals surface area contributed by atoms with Gasteiger partial charge >= 0.3 is 0 Å². The van der Waals surface area contributed by atoms with Crippen LogP contribution in [-0.2, 0) is 18.4 Å². The summed E-state index contributed by atoms with van der Waals surface area (Å²) in [6.45, 7) is 8.18. The lowest BCUT2D eigenvalue weighted by molar-refractivity contribution is 0.338. The van der Waals surface area contributed by atoms with E-state index in [2.05, 4.69) is 92.2 Å². The maximum Gasteiger partial charge on any atom is 0.112 e. The van der Waals surface area contributed by atoms with Crippen molar-refractivity contribution in [2.24, 2.45) is 0 Å². The summed E-state index contributed by atoms with van der Waals surface area (Å²) in [4.78, 5) is 4.98. The molecule has 0 radical (unpaired) electrons. The number of benzene rings is 2. The minimum Gasteiger partial charge on any atom is -0.335 e. The number of hydrogen-bond donors (Lipinski definition) is 0. The summed E-state index contributed by atoms with van der Waals surface area (Å²) < 4.78 is 2.46. The third-order valence-corrected chi connectivity index (χ3v) is 9.59. The van der Waals surface area contributed by atoms with E-state index in [1.807, 2.05) is 6.20 Å². The summed E-state index contributed by atoms with van der Waals surface area (Å²) in [6, 6.07) is 22.1. The van der Waals surface area contributed by atoms with Crippen molar-refractivity contribution in [3.05, 3.63) is 90.0 Å². The van der Waals surface area contributed by atoms with E-state index in [-0.39, 0.29) is 5.41 Å².